The third-order valence-corrected chi connectivity index (χ3v) is 11.9. The van der Waals surface area contributed by atoms with Crippen molar-refractivity contribution >= 4 is 0 Å². The van der Waals surface area contributed by atoms with Gasteiger partial charge in [-0.1, -0.05) is 33.1 Å². The molecule has 0 aromatic rings. The first kappa shape index (κ1) is 36.4. The summed E-state index contributed by atoms with van der Waals surface area (Å²) in [5.41, 5.74) is 0. The molecule has 0 aliphatic carbocycles. The average Bonchev–Trinajstić information content (AvgIpc) is 2.82. The summed E-state index contributed by atoms with van der Waals surface area (Å²) in [6.45, 7) is 12.5. The number of rotatable bonds is 28. The van der Waals surface area contributed by atoms with Crippen LogP contribution in [-0.4, -0.2) is 12.2 Å². The van der Waals surface area contributed by atoms with E-state index in [0.29, 0.717) is 0 Å². The van der Waals surface area contributed by atoms with Gasteiger partial charge in [0.25, 0.3) is 0 Å². The Bertz CT molecular complexity index is 492. The standard InChI is InChI=1S/C26H53O.C3H7O.C3H7.O.Ti/c1-3-5-7-9-11-13-15-17-19-21-23-25-26(27)24-22-20-18-16-14-12-10-8-6-4-2;1-3(2)4;1-3-2;;/h26H,3-25H2,1-2H3;3H,1-2H3;3H,1-2H3;;/q2*-1;;;+2. The van der Waals surface area contributed by atoms with Crippen molar-refractivity contribution in [2.75, 3.05) is 0 Å². The van der Waals surface area contributed by atoms with Crippen LogP contribution in [0.3, 0.4) is 0 Å². The Balaban J connectivity index is 4.29. The maximum absolute atomic E-state index is 13.5. The Hall–Kier alpha value is 0.434. The number of hydrogen-bond donors (Lipinski definition) is 0. The molecule has 217 valence electrons. The van der Waals surface area contributed by atoms with Gasteiger partial charge in [0, 0.05) is 0 Å². The molecule has 0 aromatic carbocycles. The monoisotopic (exact) mass is 547 g/mol. The molecule has 0 fully saturated rings. The van der Waals surface area contributed by atoms with Crippen molar-refractivity contribution in [3.63, 3.8) is 0 Å². The summed E-state index contributed by atoms with van der Waals surface area (Å²) in [6, 6.07) is 0. The first-order chi connectivity index (χ1) is 17.4. The minimum absolute atomic E-state index is 0.0139. The van der Waals surface area contributed by atoms with Gasteiger partial charge in [0.2, 0.25) is 0 Å². The zero-order chi connectivity index (χ0) is 26.9. The Labute approximate surface area is 232 Å². The van der Waals surface area contributed by atoms with Gasteiger partial charge in [-0.05, 0) is 0 Å². The van der Waals surface area contributed by atoms with E-state index < -0.39 is 17.3 Å². The van der Waals surface area contributed by atoms with Crippen LogP contribution < -0.4 is 0 Å². The van der Waals surface area contributed by atoms with E-state index in [1.807, 2.05) is 27.7 Å². The topological polar surface area (TPSA) is 35.5 Å². The predicted octanol–water partition coefficient (Wildman–Crippen LogP) is 12.0. The van der Waals surface area contributed by atoms with E-state index >= 15 is 0 Å². The van der Waals surface area contributed by atoms with Crippen molar-refractivity contribution in [2.24, 2.45) is 0 Å². The van der Waals surface area contributed by atoms with Gasteiger partial charge in [-0.3, -0.25) is 0 Å². The number of unbranched alkanes of at least 4 members (excludes halogenated alkanes) is 19. The van der Waals surface area contributed by atoms with Gasteiger partial charge in [-0.2, -0.15) is 0 Å². The van der Waals surface area contributed by atoms with Crippen LogP contribution in [-0.2, 0) is 27.3 Å². The van der Waals surface area contributed by atoms with E-state index in [-0.39, 0.29) is 16.4 Å². The molecule has 0 saturated heterocycles. The molecule has 0 bridgehead atoms. The second-order valence-corrected chi connectivity index (χ2v) is 16.4. The van der Waals surface area contributed by atoms with Crippen LogP contribution in [0.25, 0.3) is 0 Å². The Morgan fingerprint density at radius 1 is 0.472 bits per heavy atom. The summed E-state index contributed by atoms with van der Waals surface area (Å²) < 4.78 is 25.9. The van der Waals surface area contributed by atoms with Gasteiger partial charge in [0.15, 0.2) is 0 Å². The molecule has 2 atom stereocenters. The van der Waals surface area contributed by atoms with Gasteiger partial charge < -0.3 is 0 Å². The minimum atomic E-state index is -3.99. The average molecular weight is 548 g/mol. The van der Waals surface area contributed by atoms with Crippen molar-refractivity contribution in [1.29, 1.82) is 0 Å². The Kier molecular flexibility index (Phi) is 26.0. The summed E-state index contributed by atoms with van der Waals surface area (Å²) in [4.78, 5) is 0. The van der Waals surface area contributed by atoms with Crippen molar-refractivity contribution in [3.05, 3.63) is 0 Å². The van der Waals surface area contributed by atoms with Crippen molar-refractivity contribution in [1.82, 2.24) is 0 Å². The fourth-order valence-electron chi connectivity index (χ4n) is 5.02. The van der Waals surface area contributed by atoms with Crippen molar-refractivity contribution in [3.8, 4) is 0 Å². The molecular weight excluding hydrogens is 480 g/mol. The molecule has 4 heteroatoms. The van der Waals surface area contributed by atoms with Crippen molar-refractivity contribution in [2.45, 2.75) is 206 Å². The van der Waals surface area contributed by atoms with E-state index in [9.17, 15) is 3.32 Å². The molecule has 36 heavy (non-hydrogen) atoms. The molecule has 2 unspecified atom stereocenters. The molecule has 0 aliphatic heterocycles. The molecule has 0 N–H and O–H groups in total. The zero-order valence-corrected chi connectivity index (χ0v) is 27.3. The molecule has 0 spiro atoms. The maximum atomic E-state index is 13.5. The molecule has 0 radical (unpaired) electrons. The fraction of sp³-hybridized carbons (Fsp3) is 1.00. The van der Waals surface area contributed by atoms with E-state index in [4.69, 9.17) is 6.64 Å². The van der Waals surface area contributed by atoms with Crippen LogP contribution in [0.2, 0.25) is 4.22 Å². The van der Waals surface area contributed by atoms with E-state index in [1.165, 1.54) is 135 Å². The van der Waals surface area contributed by atoms with Crippen LogP contribution >= 0.6 is 0 Å². The summed E-state index contributed by atoms with van der Waals surface area (Å²) in [7, 11) is 0. The van der Waals surface area contributed by atoms with Crippen LogP contribution in [0.1, 0.15) is 189 Å². The van der Waals surface area contributed by atoms with Crippen LogP contribution in [0.4, 0.5) is 0 Å². The molecule has 0 heterocycles. The van der Waals surface area contributed by atoms with Gasteiger partial charge in [0.05, 0.1) is 0 Å². The van der Waals surface area contributed by atoms with E-state index in [1.54, 1.807) is 0 Å². The van der Waals surface area contributed by atoms with Gasteiger partial charge in [-0.15, -0.1) is 0 Å². The summed E-state index contributed by atoms with van der Waals surface area (Å²) >= 11 is -3.99. The zero-order valence-electron chi connectivity index (χ0n) is 25.7. The third kappa shape index (κ3) is 22.4. The molecule has 3 nitrogen and oxygen atoms in total. The molecule has 0 rings (SSSR count). The van der Waals surface area contributed by atoms with Gasteiger partial charge in [0.1, 0.15) is 0 Å². The van der Waals surface area contributed by atoms with E-state index in [2.05, 4.69) is 13.8 Å². The third-order valence-electron chi connectivity index (χ3n) is 7.45. The van der Waals surface area contributed by atoms with Gasteiger partial charge >= 0.3 is 200 Å². The fourth-order valence-corrected chi connectivity index (χ4v) is 8.08. The normalized spacial score (nSPS) is 14.6. The summed E-state index contributed by atoms with van der Waals surface area (Å²) in [5.74, 6) is 0. The Morgan fingerprint density at radius 3 is 1.06 bits per heavy atom. The van der Waals surface area contributed by atoms with Crippen LogP contribution in [0, 0.1) is 0 Å². The van der Waals surface area contributed by atoms with E-state index in [0.717, 1.165) is 12.8 Å². The summed E-state index contributed by atoms with van der Waals surface area (Å²) in [5, 5.41) is 0. The van der Waals surface area contributed by atoms with Gasteiger partial charge in [-0.25, -0.2) is 0 Å². The first-order valence-electron chi connectivity index (χ1n) is 16.4. The number of hydrogen-bond acceptors (Lipinski definition) is 3. The molecule has 0 aliphatic rings. The van der Waals surface area contributed by atoms with Crippen LogP contribution in [0.5, 0.6) is 0 Å². The molecular formula is C32H67O3Ti. The molecule has 0 saturated carbocycles. The predicted molar refractivity (Wildman–Crippen MR) is 154 cm³/mol. The summed E-state index contributed by atoms with van der Waals surface area (Å²) in [6.07, 6.45) is 30.6. The molecule has 0 amide bonds. The first-order valence-corrected chi connectivity index (χ1v) is 19.2. The van der Waals surface area contributed by atoms with Crippen LogP contribution in [0.15, 0.2) is 0 Å². The second-order valence-electron chi connectivity index (χ2n) is 12.0. The quantitative estimate of drug-likeness (QED) is 0.0722. The second kappa shape index (κ2) is 25.7. The SMILES string of the molecule is CCCCCCCCCCCCCC(CCCCCCCCCCCC)[O][Ti](=[O])([O]C(C)C)[CH](C)C. The Morgan fingerprint density at radius 2 is 0.778 bits per heavy atom. The van der Waals surface area contributed by atoms with Crippen molar-refractivity contribution < 1.29 is 27.3 Å². The molecule has 0 aromatic heterocycles.